The summed E-state index contributed by atoms with van der Waals surface area (Å²) in [7, 11) is 1.65. The summed E-state index contributed by atoms with van der Waals surface area (Å²) in [5.74, 6) is 0.0186. The highest BCUT2D eigenvalue weighted by atomic mass is 16.2. The van der Waals surface area contributed by atoms with Gasteiger partial charge in [0.1, 0.15) is 0 Å². The van der Waals surface area contributed by atoms with Crippen LogP contribution in [0.15, 0.2) is 18.2 Å². The van der Waals surface area contributed by atoms with E-state index in [4.69, 9.17) is 5.73 Å². The summed E-state index contributed by atoms with van der Waals surface area (Å²) < 4.78 is 0. The lowest BCUT2D eigenvalue weighted by Crippen LogP contribution is -2.39. The topological polar surface area (TPSA) is 67.2 Å². The molecule has 0 aliphatic rings. The van der Waals surface area contributed by atoms with Crippen molar-refractivity contribution in [2.24, 2.45) is 5.41 Å². The molecule has 0 saturated carbocycles. The first-order chi connectivity index (χ1) is 7.86. The molecule has 4 heteroatoms. The van der Waals surface area contributed by atoms with E-state index in [0.29, 0.717) is 6.54 Å². The van der Waals surface area contributed by atoms with Crippen LogP contribution in [-0.4, -0.2) is 19.5 Å². The molecule has 4 N–H and O–H groups in total. The molecule has 1 aromatic rings. The van der Waals surface area contributed by atoms with Crippen LogP contribution in [0.1, 0.15) is 19.4 Å². The molecule has 0 atom stereocenters. The van der Waals surface area contributed by atoms with E-state index in [-0.39, 0.29) is 5.91 Å². The molecule has 1 rings (SSSR count). The van der Waals surface area contributed by atoms with Crippen molar-refractivity contribution < 1.29 is 4.79 Å². The van der Waals surface area contributed by atoms with Crippen LogP contribution in [0.25, 0.3) is 0 Å². The molecule has 4 nitrogen and oxygen atoms in total. The molecule has 0 radical (unpaired) electrons. The Morgan fingerprint density at radius 2 is 2.06 bits per heavy atom. The zero-order valence-electron chi connectivity index (χ0n) is 10.9. The number of hydrogen-bond acceptors (Lipinski definition) is 3. The number of nitrogens with two attached hydrogens (primary N) is 1. The predicted octanol–water partition coefficient (Wildman–Crippen LogP) is 1.76. The lowest BCUT2D eigenvalue weighted by molar-refractivity contribution is -0.128. The predicted molar refractivity (Wildman–Crippen MR) is 71.9 cm³/mol. The Morgan fingerprint density at radius 1 is 1.41 bits per heavy atom. The Bertz CT molecular complexity index is 413. The van der Waals surface area contributed by atoms with Crippen molar-refractivity contribution >= 4 is 17.3 Å². The molecule has 0 spiro atoms. The van der Waals surface area contributed by atoms with E-state index >= 15 is 0 Å². The van der Waals surface area contributed by atoms with E-state index in [0.717, 1.165) is 16.9 Å². The number of amides is 1. The highest BCUT2D eigenvalue weighted by Crippen LogP contribution is 2.20. The molecule has 0 aliphatic carbocycles. The number of aryl methyl sites for hydroxylation is 1. The molecule has 94 valence electrons. The highest BCUT2D eigenvalue weighted by Gasteiger charge is 2.26. The summed E-state index contributed by atoms with van der Waals surface area (Å²) in [6.45, 7) is 6.33. The Hall–Kier alpha value is -1.71. The third-order valence-electron chi connectivity index (χ3n) is 2.86. The number of anilines is 2. The van der Waals surface area contributed by atoms with Crippen LogP contribution in [0.3, 0.4) is 0 Å². The van der Waals surface area contributed by atoms with Gasteiger partial charge in [-0.05, 0) is 38.5 Å². The Balaban J connectivity index is 2.67. The average molecular weight is 235 g/mol. The highest BCUT2D eigenvalue weighted by molar-refractivity contribution is 5.82. The molecule has 1 aromatic carbocycles. The lowest BCUT2D eigenvalue weighted by atomic mass is 9.92. The van der Waals surface area contributed by atoms with Crippen molar-refractivity contribution in [1.82, 2.24) is 5.32 Å². The van der Waals surface area contributed by atoms with Crippen molar-refractivity contribution in [3.8, 4) is 0 Å². The van der Waals surface area contributed by atoms with Crippen molar-refractivity contribution in [1.29, 1.82) is 0 Å². The number of rotatable bonds is 4. The third kappa shape index (κ3) is 3.37. The van der Waals surface area contributed by atoms with Crippen molar-refractivity contribution in [3.05, 3.63) is 23.8 Å². The molecule has 1 amide bonds. The number of hydrogen-bond donors (Lipinski definition) is 3. The maximum Gasteiger partial charge on any atom is 0.227 e. The standard InChI is InChI=1S/C13H21N3O/c1-9-5-6-10(7-11(9)14)16-8-13(2,3)12(17)15-4/h5-7,16H,8,14H2,1-4H3,(H,15,17). The third-order valence-corrected chi connectivity index (χ3v) is 2.86. The second kappa shape index (κ2) is 5.08. The molecule has 17 heavy (non-hydrogen) atoms. The summed E-state index contributed by atoms with van der Waals surface area (Å²) in [4.78, 5) is 11.6. The van der Waals surface area contributed by atoms with Gasteiger partial charge in [0.25, 0.3) is 0 Å². The van der Waals surface area contributed by atoms with Gasteiger partial charge in [0.05, 0.1) is 5.41 Å². The zero-order valence-corrected chi connectivity index (χ0v) is 10.9. The molecular weight excluding hydrogens is 214 g/mol. The van der Waals surface area contributed by atoms with Gasteiger partial charge >= 0.3 is 0 Å². The minimum Gasteiger partial charge on any atom is -0.398 e. The zero-order chi connectivity index (χ0) is 13.1. The molecule has 0 heterocycles. The van der Waals surface area contributed by atoms with Gasteiger partial charge in [0.15, 0.2) is 0 Å². The second-order valence-corrected chi connectivity index (χ2v) is 4.89. The summed E-state index contributed by atoms with van der Waals surface area (Å²) in [6, 6.07) is 5.81. The van der Waals surface area contributed by atoms with Gasteiger partial charge in [-0.1, -0.05) is 6.07 Å². The van der Waals surface area contributed by atoms with Gasteiger partial charge in [-0.25, -0.2) is 0 Å². The fourth-order valence-corrected chi connectivity index (χ4v) is 1.49. The van der Waals surface area contributed by atoms with E-state index in [1.54, 1.807) is 7.05 Å². The number of carbonyl (C=O) groups excluding carboxylic acids is 1. The van der Waals surface area contributed by atoms with Gasteiger partial charge in [-0.2, -0.15) is 0 Å². The van der Waals surface area contributed by atoms with Gasteiger partial charge in [-0.3, -0.25) is 4.79 Å². The average Bonchev–Trinajstić information content (AvgIpc) is 2.29. The number of nitrogens with one attached hydrogen (secondary N) is 2. The van der Waals surface area contributed by atoms with E-state index in [9.17, 15) is 4.79 Å². The largest absolute Gasteiger partial charge is 0.398 e. The van der Waals surface area contributed by atoms with Crippen molar-refractivity contribution in [3.63, 3.8) is 0 Å². The maximum absolute atomic E-state index is 11.6. The Labute approximate surface area is 103 Å². The molecule has 0 bridgehead atoms. The fraction of sp³-hybridized carbons (Fsp3) is 0.462. The van der Waals surface area contributed by atoms with Crippen molar-refractivity contribution in [2.75, 3.05) is 24.6 Å². The van der Waals surface area contributed by atoms with Crippen LogP contribution < -0.4 is 16.4 Å². The normalized spacial score (nSPS) is 11.1. The van der Waals surface area contributed by atoms with E-state index < -0.39 is 5.41 Å². The first-order valence-electron chi connectivity index (χ1n) is 5.69. The number of nitrogen functional groups attached to an aromatic ring is 1. The molecule has 0 saturated heterocycles. The van der Waals surface area contributed by atoms with E-state index in [2.05, 4.69) is 10.6 Å². The number of carbonyl (C=O) groups is 1. The van der Waals surface area contributed by atoms with Crippen LogP contribution >= 0.6 is 0 Å². The number of benzene rings is 1. The molecule has 0 fully saturated rings. The fourth-order valence-electron chi connectivity index (χ4n) is 1.49. The van der Waals surface area contributed by atoms with Gasteiger partial charge in [-0.15, -0.1) is 0 Å². The van der Waals surface area contributed by atoms with Gasteiger partial charge < -0.3 is 16.4 Å². The molecule has 0 aromatic heterocycles. The van der Waals surface area contributed by atoms with Crippen molar-refractivity contribution in [2.45, 2.75) is 20.8 Å². The second-order valence-electron chi connectivity index (χ2n) is 4.89. The summed E-state index contributed by atoms with van der Waals surface area (Å²) in [5, 5.41) is 5.89. The van der Waals surface area contributed by atoms with E-state index in [1.165, 1.54) is 0 Å². The first-order valence-corrected chi connectivity index (χ1v) is 5.69. The maximum atomic E-state index is 11.6. The minimum atomic E-state index is -0.450. The monoisotopic (exact) mass is 235 g/mol. The first kappa shape index (κ1) is 13.4. The summed E-state index contributed by atoms with van der Waals surface area (Å²) >= 11 is 0. The van der Waals surface area contributed by atoms with Crippen LogP contribution in [0.2, 0.25) is 0 Å². The van der Waals surface area contributed by atoms with Crippen LogP contribution in [0, 0.1) is 12.3 Å². The molecular formula is C13H21N3O. The molecule has 0 aliphatic heterocycles. The van der Waals surface area contributed by atoms with E-state index in [1.807, 2.05) is 39.0 Å². The minimum absolute atomic E-state index is 0.0186. The SMILES string of the molecule is CNC(=O)C(C)(C)CNc1ccc(C)c(N)c1. The van der Waals surface area contributed by atoms with Gasteiger partial charge in [0.2, 0.25) is 5.91 Å². The van der Waals surface area contributed by atoms with Crippen LogP contribution in [-0.2, 0) is 4.79 Å². The lowest BCUT2D eigenvalue weighted by Gasteiger charge is -2.23. The Kier molecular flexibility index (Phi) is 3.99. The summed E-state index contributed by atoms with van der Waals surface area (Å²) in [6.07, 6.45) is 0. The smallest absolute Gasteiger partial charge is 0.227 e. The quantitative estimate of drug-likeness (QED) is 0.697. The van der Waals surface area contributed by atoms with Crippen LogP contribution in [0.5, 0.6) is 0 Å². The van der Waals surface area contributed by atoms with Gasteiger partial charge in [0, 0.05) is 25.0 Å². The Morgan fingerprint density at radius 3 is 2.59 bits per heavy atom. The van der Waals surface area contributed by atoms with Crippen LogP contribution in [0.4, 0.5) is 11.4 Å². The summed E-state index contributed by atoms with van der Waals surface area (Å²) in [5.41, 5.74) is 8.13. The molecule has 0 unspecified atom stereocenters.